The largest absolute Gasteiger partial charge is 0.394 e. The van der Waals surface area contributed by atoms with Gasteiger partial charge in [-0.1, -0.05) is 66.2 Å². The zero-order valence-corrected chi connectivity index (χ0v) is 16.6. The number of piperazine rings is 1. The molecule has 2 heterocycles. The third-order valence-electron chi connectivity index (χ3n) is 6.03. The second-order valence-corrected chi connectivity index (χ2v) is 7.97. The van der Waals surface area contributed by atoms with E-state index < -0.39 is 0 Å². The predicted octanol–water partition coefficient (Wildman–Crippen LogP) is 3.20. The highest BCUT2D eigenvalue weighted by Gasteiger charge is 2.53. The summed E-state index contributed by atoms with van der Waals surface area (Å²) in [7, 11) is 0. The van der Waals surface area contributed by atoms with Crippen LogP contribution in [0, 0.1) is 6.92 Å². The summed E-state index contributed by atoms with van der Waals surface area (Å²) < 4.78 is 0. The fourth-order valence-corrected chi connectivity index (χ4v) is 4.66. The average molecular weight is 377 g/mol. The summed E-state index contributed by atoms with van der Waals surface area (Å²) >= 11 is 0. The number of benzene rings is 2. The molecule has 0 saturated carbocycles. The van der Waals surface area contributed by atoms with Gasteiger partial charge >= 0.3 is 0 Å². The maximum Gasteiger partial charge on any atom is 0.237 e. The standard InChI is InChI=1S/C24H28N2O2/c1-3-4-18-9-11-20(12-10-18)24-21-14-25(13-19-7-5-17(2)6-8-19)15-23(28)26(21)22(24)16-27/h3-12,21-22,24,27H,13-16H2,1-2H3/b4-3+/t21-,22-,24+/m0/s1. The minimum atomic E-state index is -0.105. The molecule has 2 aliphatic rings. The first-order valence-corrected chi connectivity index (χ1v) is 10.0. The SMILES string of the molecule is C/C=C/c1ccc([C@H]2[C@H](CO)N3C(=O)CN(Cc4ccc(C)cc4)C[C@@H]23)cc1. The van der Waals surface area contributed by atoms with E-state index in [4.69, 9.17) is 0 Å². The Bertz CT molecular complexity index is 857. The molecular formula is C24H28N2O2. The van der Waals surface area contributed by atoms with E-state index in [0.717, 1.165) is 13.1 Å². The molecule has 4 rings (SSSR count). The molecule has 2 fully saturated rings. The van der Waals surface area contributed by atoms with Gasteiger partial charge in [-0.25, -0.2) is 0 Å². The molecule has 2 aliphatic heterocycles. The normalized spacial score (nSPS) is 25.0. The number of hydrogen-bond acceptors (Lipinski definition) is 3. The molecule has 0 bridgehead atoms. The van der Waals surface area contributed by atoms with E-state index in [1.807, 2.05) is 17.9 Å². The summed E-state index contributed by atoms with van der Waals surface area (Å²) in [6.45, 7) is 6.16. The Labute approximate surface area is 167 Å². The number of carbonyl (C=O) groups is 1. The van der Waals surface area contributed by atoms with Crippen LogP contribution in [0.4, 0.5) is 0 Å². The summed E-state index contributed by atoms with van der Waals surface area (Å²) in [5.74, 6) is 0.318. The Kier molecular flexibility index (Phi) is 5.33. The molecule has 4 nitrogen and oxygen atoms in total. The summed E-state index contributed by atoms with van der Waals surface area (Å²) in [6.07, 6.45) is 4.10. The molecule has 28 heavy (non-hydrogen) atoms. The van der Waals surface area contributed by atoms with Crippen molar-refractivity contribution >= 4 is 12.0 Å². The van der Waals surface area contributed by atoms with E-state index in [9.17, 15) is 9.90 Å². The molecular weight excluding hydrogens is 348 g/mol. The molecule has 0 spiro atoms. The number of aliphatic hydroxyl groups is 1. The number of rotatable bonds is 5. The molecule has 0 aliphatic carbocycles. The fraction of sp³-hybridized carbons (Fsp3) is 0.375. The van der Waals surface area contributed by atoms with Gasteiger partial charge in [0.25, 0.3) is 0 Å². The van der Waals surface area contributed by atoms with Crippen molar-refractivity contribution in [3.05, 3.63) is 76.9 Å². The number of nitrogens with zero attached hydrogens (tertiary/aromatic N) is 2. The van der Waals surface area contributed by atoms with Crippen LogP contribution in [0.3, 0.4) is 0 Å². The highest BCUT2D eigenvalue weighted by atomic mass is 16.3. The zero-order valence-electron chi connectivity index (χ0n) is 16.6. The monoisotopic (exact) mass is 376 g/mol. The fourth-order valence-electron chi connectivity index (χ4n) is 4.66. The van der Waals surface area contributed by atoms with Crippen molar-refractivity contribution in [2.75, 3.05) is 19.7 Å². The van der Waals surface area contributed by atoms with Crippen LogP contribution < -0.4 is 0 Å². The lowest BCUT2D eigenvalue weighted by Crippen LogP contribution is -2.72. The Morgan fingerprint density at radius 2 is 1.82 bits per heavy atom. The van der Waals surface area contributed by atoms with E-state index in [1.54, 1.807) is 0 Å². The Balaban J connectivity index is 1.52. The predicted molar refractivity (Wildman–Crippen MR) is 112 cm³/mol. The van der Waals surface area contributed by atoms with Crippen molar-refractivity contribution in [3.8, 4) is 0 Å². The van der Waals surface area contributed by atoms with Gasteiger partial charge in [-0.2, -0.15) is 0 Å². The molecule has 146 valence electrons. The molecule has 4 heteroatoms. The first kappa shape index (κ1) is 18.9. The molecule has 0 radical (unpaired) electrons. The summed E-state index contributed by atoms with van der Waals surface area (Å²) in [6, 6.07) is 17.1. The van der Waals surface area contributed by atoms with Gasteiger partial charge in [0.2, 0.25) is 5.91 Å². The highest BCUT2D eigenvalue weighted by Crippen LogP contribution is 2.43. The van der Waals surface area contributed by atoms with Crippen LogP contribution in [0.5, 0.6) is 0 Å². The number of carbonyl (C=O) groups excluding carboxylic acids is 1. The Morgan fingerprint density at radius 3 is 2.46 bits per heavy atom. The average Bonchev–Trinajstić information content (AvgIpc) is 2.67. The van der Waals surface area contributed by atoms with E-state index in [1.165, 1.54) is 22.3 Å². The van der Waals surface area contributed by atoms with Gasteiger partial charge in [-0.15, -0.1) is 0 Å². The Hall–Kier alpha value is -2.43. The second-order valence-electron chi connectivity index (χ2n) is 7.97. The van der Waals surface area contributed by atoms with Crippen molar-refractivity contribution in [1.29, 1.82) is 0 Å². The lowest BCUT2D eigenvalue weighted by molar-refractivity contribution is -0.162. The molecule has 2 saturated heterocycles. The first-order valence-electron chi connectivity index (χ1n) is 10.0. The third-order valence-corrected chi connectivity index (χ3v) is 6.03. The van der Waals surface area contributed by atoms with E-state index in [2.05, 4.69) is 66.4 Å². The number of hydrogen-bond donors (Lipinski definition) is 1. The van der Waals surface area contributed by atoms with Gasteiger partial charge in [0.15, 0.2) is 0 Å². The van der Waals surface area contributed by atoms with Crippen molar-refractivity contribution in [2.45, 2.75) is 38.4 Å². The van der Waals surface area contributed by atoms with Crippen molar-refractivity contribution in [1.82, 2.24) is 9.80 Å². The number of amides is 1. The Morgan fingerprint density at radius 1 is 1.11 bits per heavy atom. The molecule has 1 amide bonds. The highest BCUT2D eigenvalue weighted by molar-refractivity contribution is 5.81. The van der Waals surface area contributed by atoms with Crippen LogP contribution >= 0.6 is 0 Å². The molecule has 2 aromatic carbocycles. The van der Waals surface area contributed by atoms with Gasteiger partial charge in [0.1, 0.15) is 0 Å². The topological polar surface area (TPSA) is 43.8 Å². The third kappa shape index (κ3) is 3.50. The second kappa shape index (κ2) is 7.90. The van der Waals surface area contributed by atoms with E-state index in [0.29, 0.717) is 6.54 Å². The lowest BCUT2D eigenvalue weighted by atomic mass is 9.73. The molecule has 2 aromatic rings. The van der Waals surface area contributed by atoms with Gasteiger partial charge in [0.05, 0.1) is 25.2 Å². The van der Waals surface area contributed by atoms with Crippen LogP contribution in [-0.4, -0.2) is 52.6 Å². The first-order chi connectivity index (χ1) is 13.6. The summed E-state index contributed by atoms with van der Waals surface area (Å²) in [5.41, 5.74) is 4.86. The van der Waals surface area contributed by atoms with Gasteiger partial charge in [-0.3, -0.25) is 9.69 Å². The number of fused-ring (bicyclic) bond motifs is 1. The minimum absolute atomic E-state index is 0.0154. The smallest absolute Gasteiger partial charge is 0.237 e. The van der Waals surface area contributed by atoms with Crippen LogP contribution in [0.1, 0.15) is 35.1 Å². The quantitative estimate of drug-likeness (QED) is 0.872. The number of aryl methyl sites for hydroxylation is 1. The van der Waals surface area contributed by atoms with Crippen LogP contribution in [0.25, 0.3) is 6.08 Å². The number of allylic oxidation sites excluding steroid dienone is 1. The molecule has 3 atom stereocenters. The van der Waals surface area contributed by atoms with E-state index >= 15 is 0 Å². The maximum absolute atomic E-state index is 12.8. The number of aliphatic hydroxyl groups excluding tert-OH is 1. The summed E-state index contributed by atoms with van der Waals surface area (Å²) in [4.78, 5) is 16.9. The maximum atomic E-state index is 12.8. The molecule has 0 unspecified atom stereocenters. The van der Waals surface area contributed by atoms with Gasteiger partial charge in [-0.05, 0) is 30.5 Å². The van der Waals surface area contributed by atoms with Gasteiger partial charge < -0.3 is 10.0 Å². The van der Waals surface area contributed by atoms with Crippen molar-refractivity contribution in [2.24, 2.45) is 0 Å². The van der Waals surface area contributed by atoms with Crippen LogP contribution in [0.2, 0.25) is 0 Å². The van der Waals surface area contributed by atoms with Gasteiger partial charge in [0, 0.05) is 19.0 Å². The van der Waals surface area contributed by atoms with E-state index in [-0.39, 0.29) is 30.5 Å². The van der Waals surface area contributed by atoms with Crippen LogP contribution in [-0.2, 0) is 11.3 Å². The van der Waals surface area contributed by atoms with Crippen molar-refractivity contribution in [3.63, 3.8) is 0 Å². The van der Waals surface area contributed by atoms with Crippen LogP contribution in [0.15, 0.2) is 54.6 Å². The molecule has 1 N–H and O–H groups in total. The zero-order chi connectivity index (χ0) is 19.7. The minimum Gasteiger partial charge on any atom is -0.394 e. The summed E-state index contributed by atoms with van der Waals surface area (Å²) in [5, 5.41) is 9.92. The lowest BCUT2D eigenvalue weighted by Gasteiger charge is -2.59. The molecule has 0 aromatic heterocycles. The van der Waals surface area contributed by atoms with Crippen molar-refractivity contribution < 1.29 is 9.90 Å².